The van der Waals surface area contributed by atoms with E-state index in [9.17, 15) is 9.59 Å². The van der Waals surface area contributed by atoms with E-state index in [0.717, 1.165) is 56.1 Å². The number of carbonyl (C=O) groups excluding carboxylic acids is 2. The minimum absolute atomic E-state index is 0.0432. The van der Waals surface area contributed by atoms with Gasteiger partial charge in [0.25, 0.3) is 5.91 Å². The number of rotatable bonds is 7. The quantitative estimate of drug-likeness (QED) is 0.450. The fourth-order valence-corrected chi connectivity index (χ4v) is 5.44. The molecule has 2 heterocycles. The summed E-state index contributed by atoms with van der Waals surface area (Å²) in [5.41, 5.74) is 0.542. The van der Waals surface area contributed by atoms with Gasteiger partial charge < -0.3 is 15.1 Å². The van der Waals surface area contributed by atoms with Crippen LogP contribution in [0.1, 0.15) is 61.0 Å². The molecule has 1 aromatic carbocycles. The number of aliphatic imine (C=N–C) groups is 1. The minimum Gasteiger partial charge on any atom is -0.354 e. The van der Waals surface area contributed by atoms with Crippen molar-refractivity contribution in [1.29, 1.82) is 0 Å². The Hall–Kier alpha value is -2.93. The molecule has 1 aliphatic heterocycles. The number of halogens is 1. The van der Waals surface area contributed by atoms with Crippen molar-refractivity contribution in [2.75, 3.05) is 32.7 Å². The first-order chi connectivity index (χ1) is 17.6. The highest BCUT2D eigenvalue weighted by atomic mass is 35.5. The van der Waals surface area contributed by atoms with E-state index in [4.69, 9.17) is 16.6 Å². The van der Waals surface area contributed by atoms with Crippen LogP contribution in [0.5, 0.6) is 0 Å². The van der Waals surface area contributed by atoms with Crippen molar-refractivity contribution in [3.05, 3.63) is 64.9 Å². The number of nitrogens with one attached hydrogen (secondary N) is 1. The van der Waals surface area contributed by atoms with Crippen molar-refractivity contribution in [2.24, 2.45) is 10.9 Å². The second-order valence-electron chi connectivity index (χ2n) is 10.1. The molecule has 0 radical (unpaired) electrons. The fourth-order valence-electron chi connectivity index (χ4n) is 5.22. The Balaban J connectivity index is 1.35. The Morgan fingerprint density at radius 3 is 2.36 bits per heavy atom. The second-order valence-corrected chi connectivity index (χ2v) is 10.5. The maximum absolute atomic E-state index is 13.4. The Morgan fingerprint density at radius 2 is 1.69 bits per heavy atom. The lowest BCUT2D eigenvalue weighted by Crippen LogP contribution is -2.52. The molecule has 5 rings (SSSR count). The van der Waals surface area contributed by atoms with Crippen molar-refractivity contribution < 1.29 is 9.59 Å². The number of piperazine rings is 1. The van der Waals surface area contributed by atoms with Crippen LogP contribution < -0.4 is 5.32 Å². The first-order valence-electron chi connectivity index (χ1n) is 13.1. The Morgan fingerprint density at radius 1 is 1.00 bits per heavy atom. The third kappa shape index (κ3) is 5.56. The third-order valence-corrected chi connectivity index (χ3v) is 7.90. The van der Waals surface area contributed by atoms with Gasteiger partial charge in [0, 0.05) is 38.9 Å². The highest BCUT2D eigenvalue weighted by molar-refractivity contribution is 6.33. The van der Waals surface area contributed by atoms with Crippen LogP contribution in [0.25, 0.3) is 0 Å². The minimum atomic E-state index is -0.749. The van der Waals surface area contributed by atoms with Crippen molar-refractivity contribution in [1.82, 2.24) is 20.1 Å². The van der Waals surface area contributed by atoms with Gasteiger partial charge in [-0.3, -0.25) is 14.6 Å². The largest absolute Gasteiger partial charge is 0.354 e. The Kier molecular flexibility index (Phi) is 7.56. The summed E-state index contributed by atoms with van der Waals surface area (Å²) >= 11 is 6.27. The molecule has 2 amide bonds. The molecule has 36 heavy (non-hydrogen) atoms. The van der Waals surface area contributed by atoms with Gasteiger partial charge >= 0.3 is 0 Å². The first kappa shape index (κ1) is 24.8. The topological polar surface area (TPSA) is 77.9 Å². The highest BCUT2D eigenvalue weighted by Gasteiger charge is 2.42. The van der Waals surface area contributed by atoms with Gasteiger partial charge in [0.1, 0.15) is 11.2 Å². The molecule has 3 fully saturated rings. The smallest absolute Gasteiger partial charge is 0.255 e. The number of aromatic nitrogens is 1. The number of carbonyl (C=O) groups is 2. The molecule has 7 nitrogen and oxygen atoms in total. The maximum atomic E-state index is 13.4. The average Bonchev–Trinajstić information content (AvgIpc) is 3.62. The van der Waals surface area contributed by atoms with Gasteiger partial charge in [-0.1, -0.05) is 55.5 Å². The molecule has 1 aromatic heterocycles. The molecule has 190 valence electrons. The number of pyridine rings is 1. The maximum Gasteiger partial charge on any atom is 0.255 e. The molecule has 1 N–H and O–H groups in total. The number of amidine groups is 1. The van der Waals surface area contributed by atoms with Gasteiger partial charge in [-0.2, -0.15) is 0 Å². The van der Waals surface area contributed by atoms with Crippen LogP contribution in [-0.4, -0.2) is 70.7 Å². The summed E-state index contributed by atoms with van der Waals surface area (Å²) in [4.78, 5) is 40.3. The molecule has 2 saturated carbocycles. The van der Waals surface area contributed by atoms with Gasteiger partial charge in [0.05, 0.1) is 10.6 Å². The van der Waals surface area contributed by atoms with Crippen molar-refractivity contribution in [3.63, 3.8) is 0 Å². The molecule has 2 aliphatic carbocycles. The summed E-state index contributed by atoms with van der Waals surface area (Å²) in [5, 5.41) is 3.66. The lowest BCUT2D eigenvalue weighted by atomic mass is 9.96. The molecule has 3 aliphatic rings. The lowest BCUT2D eigenvalue weighted by Gasteiger charge is -2.37. The SMILES string of the molecule is O=C(c1ccccc1Cl)N1CCN(C(=NC2(C(=O)NCCC3CC3)CCCC2)c2ccccn2)CC1. The van der Waals surface area contributed by atoms with Crippen LogP contribution >= 0.6 is 11.6 Å². The van der Waals surface area contributed by atoms with E-state index >= 15 is 0 Å². The Labute approximate surface area is 217 Å². The zero-order valence-electron chi connectivity index (χ0n) is 20.7. The lowest BCUT2D eigenvalue weighted by molar-refractivity contribution is -0.126. The molecule has 2 aromatic rings. The van der Waals surface area contributed by atoms with E-state index in [1.807, 2.05) is 35.2 Å². The van der Waals surface area contributed by atoms with Gasteiger partial charge in [-0.15, -0.1) is 0 Å². The van der Waals surface area contributed by atoms with E-state index in [-0.39, 0.29) is 11.8 Å². The van der Waals surface area contributed by atoms with Crippen LogP contribution in [-0.2, 0) is 4.79 Å². The highest BCUT2D eigenvalue weighted by Crippen LogP contribution is 2.35. The van der Waals surface area contributed by atoms with E-state index in [0.29, 0.717) is 36.8 Å². The summed E-state index contributed by atoms with van der Waals surface area (Å²) in [5.74, 6) is 1.52. The summed E-state index contributed by atoms with van der Waals surface area (Å²) in [7, 11) is 0. The molecule has 0 bridgehead atoms. The predicted octanol–water partition coefficient (Wildman–Crippen LogP) is 4.17. The summed E-state index contributed by atoms with van der Waals surface area (Å²) < 4.78 is 0. The molecule has 0 atom stereocenters. The third-order valence-electron chi connectivity index (χ3n) is 7.57. The zero-order chi connectivity index (χ0) is 25.0. The van der Waals surface area contributed by atoms with Crippen LogP contribution in [0.2, 0.25) is 5.02 Å². The van der Waals surface area contributed by atoms with E-state index < -0.39 is 5.54 Å². The summed E-state index contributed by atoms with van der Waals surface area (Å²) in [6, 6.07) is 13.0. The molecular formula is C28H34ClN5O2. The number of benzene rings is 1. The molecule has 1 saturated heterocycles. The van der Waals surface area contributed by atoms with E-state index in [2.05, 4.69) is 15.2 Å². The zero-order valence-corrected chi connectivity index (χ0v) is 21.4. The molecule has 0 unspecified atom stereocenters. The van der Waals surface area contributed by atoms with E-state index in [1.54, 1.807) is 18.3 Å². The first-order valence-corrected chi connectivity index (χ1v) is 13.5. The van der Waals surface area contributed by atoms with Gasteiger partial charge in [0.15, 0.2) is 5.84 Å². The number of hydrogen-bond donors (Lipinski definition) is 1. The number of hydrogen-bond acceptors (Lipinski definition) is 4. The molecule has 0 spiro atoms. The van der Waals surface area contributed by atoms with Crippen LogP contribution in [0.3, 0.4) is 0 Å². The van der Waals surface area contributed by atoms with Crippen molar-refractivity contribution >= 4 is 29.3 Å². The fraction of sp³-hybridized carbons (Fsp3) is 0.500. The summed E-state index contributed by atoms with van der Waals surface area (Å²) in [6.07, 6.45) is 8.89. The van der Waals surface area contributed by atoms with Gasteiger partial charge in [0.2, 0.25) is 5.91 Å². The van der Waals surface area contributed by atoms with Gasteiger partial charge in [-0.25, -0.2) is 4.99 Å². The number of nitrogens with zero attached hydrogens (tertiary/aromatic N) is 4. The second kappa shape index (κ2) is 11.0. The van der Waals surface area contributed by atoms with Crippen LogP contribution in [0.4, 0.5) is 0 Å². The van der Waals surface area contributed by atoms with Crippen molar-refractivity contribution in [3.8, 4) is 0 Å². The van der Waals surface area contributed by atoms with Gasteiger partial charge in [-0.05, 0) is 49.4 Å². The van der Waals surface area contributed by atoms with Crippen LogP contribution in [0, 0.1) is 5.92 Å². The average molecular weight is 508 g/mol. The van der Waals surface area contributed by atoms with E-state index in [1.165, 1.54) is 12.8 Å². The van der Waals surface area contributed by atoms with Crippen LogP contribution in [0.15, 0.2) is 53.7 Å². The molecular weight excluding hydrogens is 474 g/mol. The predicted molar refractivity (Wildman–Crippen MR) is 141 cm³/mol. The molecule has 8 heteroatoms. The van der Waals surface area contributed by atoms with Crippen molar-refractivity contribution in [2.45, 2.75) is 50.5 Å². The monoisotopic (exact) mass is 507 g/mol. The standard InChI is InChI=1S/C28H34ClN5O2/c29-23-8-2-1-7-22(23)26(35)34-19-17-33(18-20-34)25(24-9-3-6-15-30-24)32-28(13-4-5-14-28)27(36)31-16-12-21-10-11-21/h1-3,6-9,15,21H,4-5,10-14,16-20H2,(H,31,36). The normalized spacial score (nSPS) is 19.9. The Bertz CT molecular complexity index is 1100. The summed E-state index contributed by atoms with van der Waals surface area (Å²) in [6.45, 7) is 3.06. The number of amides is 2.